The molecule has 0 aromatic heterocycles. The molecule has 16 heavy (non-hydrogen) atoms. The number of benzene rings is 1. The lowest BCUT2D eigenvalue weighted by molar-refractivity contribution is 0.244. The van der Waals surface area contributed by atoms with Gasteiger partial charge in [0.1, 0.15) is 0 Å². The van der Waals surface area contributed by atoms with Gasteiger partial charge < -0.3 is 10.2 Å². The van der Waals surface area contributed by atoms with E-state index in [2.05, 4.69) is 10.2 Å². The van der Waals surface area contributed by atoms with Crippen LogP contribution in [0.1, 0.15) is 5.56 Å². The lowest BCUT2D eigenvalue weighted by Crippen LogP contribution is -2.44. The first-order valence-electron chi connectivity index (χ1n) is 5.63. The van der Waals surface area contributed by atoms with E-state index in [-0.39, 0.29) is 0 Å². The highest BCUT2D eigenvalue weighted by atomic mass is 19.2. The fourth-order valence-electron chi connectivity index (χ4n) is 1.92. The van der Waals surface area contributed by atoms with Crippen molar-refractivity contribution >= 4 is 0 Å². The molecule has 2 nitrogen and oxygen atoms in total. The minimum absolute atomic E-state index is 0.752. The zero-order valence-electron chi connectivity index (χ0n) is 9.18. The Kier molecular flexibility index (Phi) is 3.85. The third-order valence-electron chi connectivity index (χ3n) is 2.91. The lowest BCUT2D eigenvalue weighted by atomic mass is 10.1. The highest BCUT2D eigenvalue weighted by Crippen LogP contribution is 2.09. The van der Waals surface area contributed by atoms with Gasteiger partial charge in [0.2, 0.25) is 0 Å². The van der Waals surface area contributed by atoms with Crippen molar-refractivity contribution < 1.29 is 8.78 Å². The summed E-state index contributed by atoms with van der Waals surface area (Å²) in [6.45, 7) is 5.00. The fraction of sp³-hybridized carbons (Fsp3) is 0.500. The van der Waals surface area contributed by atoms with Gasteiger partial charge >= 0.3 is 0 Å². The monoisotopic (exact) mass is 226 g/mol. The molecule has 0 saturated carbocycles. The molecule has 1 aromatic carbocycles. The van der Waals surface area contributed by atoms with Crippen molar-refractivity contribution in [1.82, 2.24) is 10.2 Å². The van der Waals surface area contributed by atoms with Crippen molar-refractivity contribution in [1.29, 1.82) is 0 Å². The molecule has 1 aromatic rings. The van der Waals surface area contributed by atoms with Gasteiger partial charge in [0, 0.05) is 32.7 Å². The summed E-state index contributed by atoms with van der Waals surface area (Å²) < 4.78 is 25.6. The quantitative estimate of drug-likeness (QED) is 0.838. The average molecular weight is 226 g/mol. The standard InChI is InChI=1S/C12H16F2N2/c13-11-2-1-10(9-12(11)14)3-6-16-7-4-15-5-8-16/h1-2,9,15H,3-8H2. The summed E-state index contributed by atoms with van der Waals surface area (Å²) >= 11 is 0. The molecule has 1 heterocycles. The van der Waals surface area contributed by atoms with Crippen molar-refractivity contribution in [3.8, 4) is 0 Å². The van der Waals surface area contributed by atoms with Crippen LogP contribution < -0.4 is 5.32 Å². The number of halogens is 2. The number of hydrogen-bond donors (Lipinski definition) is 1. The minimum atomic E-state index is -0.772. The van der Waals surface area contributed by atoms with Gasteiger partial charge in [-0.1, -0.05) is 6.07 Å². The van der Waals surface area contributed by atoms with Gasteiger partial charge in [-0.2, -0.15) is 0 Å². The zero-order chi connectivity index (χ0) is 11.4. The second-order valence-corrected chi connectivity index (χ2v) is 4.09. The molecular formula is C12H16F2N2. The van der Waals surface area contributed by atoms with Gasteiger partial charge in [-0.25, -0.2) is 8.78 Å². The summed E-state index contributed by atoms with van der Waals surface area (Å²) in [6, 6.07) is 4.14. The molecule has 0 aliphatic carbocycles. The van der Waals surface area contributed by atoms with Gasteiger partial charge in [0.15, 0.2) is 11.6 Å². The van der Waals surface area contributed by atoms with E-state index in [0.29, 0.717) is 0 Å². The molecule has 1 saturated heterocycles. The van der Waals surface area contributed by atoms with E-state index in [1.54, 1.807) is 6.07 Å². The smallest absolute Gasteiger partial charge is 0.159 e. The summed E-state index contributed by atoms with van der Waals surface area (Å²) in [6.07, 6.45) is 0.775. The van der Waals surface area contributed by atoms with E-state index in [9.17, 15) is 8.78 Å². The molecular weight excluding hydrogens is 210 g/mol. The van der Waals surface area contributed by atoms with Crippen molar-refractivity contribution in [3.05, 3.63) is 35.4 Å². The SMILES string of the molecule is Fc1ccc(CCN2CCNCC2)cc1F. The molecule has 1 aliphatic rings. The van der Waals surface area contributed by atoms with Crippen LogP contribution in [0.5, 0.6) is 0 Å². The summed E-state index contributed by atoms with van der Waals surface area (Å²) in [4.78, 5) is 2.33. The maximum atomic E-state index is 12.9. The second kappa shape index (κ2) is 5.37. The van der Waals surface area contributed by atoms with Crippen LogP contribution in [0.4, 0.5) is 8.78 Å². The molecule has 1 aliphatic heterocycles. The van der Waals surface area contributed by atoms with Gasteiger partial charge in [-0.05, 0) is 24.1 Å². The van der Waals surface area contributed by atoms with Crippen LogP contribution in [0.2, 0.25) is 0 Å². The molecule has 4 heteroatoms. The van der Waals surface area contributed by atoms with Crippen molar-refractivity contribution in [2.24, 2.45) is 0 Å². The molecule has 0 spiro atoms. The van der Waals surface area contributed by atoms with E-state index in [4.69, 9.17) is 0 Å². The van der Waals surface area contributed by atoms with Crippen LogP contribution in [-0.4, -0.2) is 37.6 Å². The Hall–Kier alpha value is -1.00. The van der Waals surface area contributed by atoms with Crippen LogP contribution in [0, 0.1) is 11.6 Å². The van der Waals surface area contributed by atoms with Crippen molar-refractivity contribution in [2.45, 2.75) is 6.42 Å². The number of rotatable bonds is 3. The maximum Gasteiger partial charge on any atom is 0.159 e. The molecule has 88 valence electrons. The highest BCUT2D eigenvalue weighted by Gasteiger charge is 2.09. The van der Waals surface area contributed by atoms with Gasteiger partial charge in [0.25, 0.3) is 0 Å². The van der Waals surface area contributed by atoms with Gasteiger partial charge in [-0.15, -0.1) is 0 Å². The minimum Gasteiger partial charge on any atom is -0.314 e. The Morgan fingerprint density at radius 1 is 1.12 bits per heavy atom. The molecule has 1 fully saturated rings. The number of nitrogens with zero attached hydrogens (tertiary/aromatic N) is 1. The van der Waals surface area contributed by atoms with E-state index in [1.165, 1.54) is 12.1 Å². The largest absolute Gasteiger partial charge is 0.314 e. The Balaban J connectivity index is 1.86. The van der Waals surface area contributed by atoms with Crippen LogP contribution in [-0.2, 0) is 6.42 Å². The van der Waals surface area contributed by atoms with Crippen LogP contribution in [0.3, 0.4) is 0 Å². The van der Waals surface area contributed by atoms with Crippen LogP contribution >= 0.6 is 0 Å². The van der Waals surface area contributed by atoms with E-state index in [0.717, 1.165) is 44.7 Å². The van der Waals surface area contributed by atoms with E-state index in [1.807, 2.05) is 0 Å². The summed E-state index contributed by atoms with van der Waals surface area (Å²) in [5, 5.41) is 3.28. The van der Waals surface area contributed by atoms with E-state index >= 15 is 0 Å². The molecule has 0 atom stereocenters. The normalized spacial score (nSPS) is 17.6. The summed E-state index contributed by atoms with van der Waals surface area (Å²) in [5.74, 6) is -1.52. The Morgan fingerprint density at radius 3 is 2.56 bits per heavy atom. The molecule has 0 radical (unpaired) electrons. The Morgan fingerprint density at radius 2 is 1.88 bits per heavy atom. The second-order valence-electron chi connectivity index (χ2n) is 4.09. The molecule has 1 N–H and O–H groups in total. The number of hydrogen-bond acceptors (Lipinski definition) is 2. The maximum absolute atomic E-state index is 12.9. The van der Waals surface area contributed by atoms with Crippen molar-refractivity contribution in [3.63, 3.8) is 0 Å². The van der Waals surface area contributed by atoms with Gasteiger partial charge in [-0.3, -0.25) is 0 Å². The van der Waals surface area contributed by atoms with Crippen LogP contribution in [0.25, 0.3) is 0 Å². The Bertz CT molecular complexity index is 349. The lowest BCUT2D eigenvalue weighted by Gasteiger charge is -2.27. The number of nitrogens with one attached hydrogen (secondary N) is 1. The third-order valence-corrected chi connectivity index (χ3v) is 2.91. The predicted molar refractivity (Wildman–Crippen MR) is 59.4 cm³/mol. The molecule has 0 amide bonds. The Labute approximate surface area is 94.3 Å². The average Bonchev–Trinajstić information content (AvgIpc) is 2.32. The molecule has 0 bridgehead atoms. The first-order valence-corrected chi connectivity index (χ1v) is 5.63. The predicted octanol–water partition coefficient (Wildman–Crippen LogP) is 1.41. The zero-order valence-corrected chi connectivity index (χ0v) is 9.18. The summed E-state index contributed by atoms with van der Waals surface area (Å²) in [5.41, 5.74) is 0.859. The summed E-state index contributed by atoms with van der Waals surface area (Å²) in [7, 11) is 0. The van der Waals surface area contributed by atoms with Crippen LogP contribution in [0.15, 0.2) is 18.2 Å². The van der Waals surface area contributed by atoms with Crippen molar-refractivity contribution in [2.75, 3.05) is 32.7 Å². The first kappa shape index (κ1) is 11.5. The van der Waals surface area contributed by atoms with E-state index < -0.39 is 11.6 Å². The highest BCUT2D eigenvalue weighted by molar-refractivity contribution is 5.18. The molecule has 2 rings (SSSR count). The molecule has 0 unspecified atom stereocenters. The first-order chi connectivity index (χ1) is 7.75. The van der Waals surface area contributed by atoms with Gasteiger partial charge in [0.05, 0.1) is 0 Å². The fourth-order valence-corrected chi connectivity index (χ4v) is 1.92. The topological polar surface area (TPSA) is 15.3 Å². The third kappa shape index (κ3) is 3.00. The number of piperazine rings is 1.